The molecule has 0 atom stereocenters. The molecule has 0 spiro atoms. The van der Waals surface area contributed by atoms with Gasteiger partial charge < -0.3 is 16.0 Å². The van der Waals surface area contributed by atoms with E-state index in [0.717, 1.165) is 22.2 Å². The average molecular weight is 355 g/mol. The summed E-state index contributed by atoms with van der Waals surface area (Å²) in [5, 5.41) is 4.11. The summed E-state index contributed by atoms with van der Waals surface area (Å²) in [5.74, 6) is 0.226. The summed E-state index contributed by atoms with van der Waals surface area (Å²) in [5.41, 5.74) is 9.25. The summed E-state index contributed by atoms with van der Waals surface area (Å²) in [6.07, 6.45) is 7.05. The zero-order valence-corrected chi connectivity index (χ0v) is 14.4. The summed E-state index contributed by atoms with van der Waals surface area (Å²) < 4.78 is 0. The Hall–Kier alpha value is -3.93. The number of benzene rings is 1. The van der Waals surface area contributed by atoms with Crippen LogP contribution in [0.2, 0.25) is 0 Å². The van der Waals surface area contributed by atoms with Crippen LogP contribution >= 0.6 is 0 Å². The quantitative estimate of drug-likeness (QED) is 0.475. The fourth-order valence-electron chi connectivity index (χ4n) is 2.87. The van der Waals surface area contributed by atoms with Crippen molar-refractivity contribution in [3.63, 3.8) is 0 Å². The lowest BCUT2D eigenvalue weighted by molar-refractivity contribution is -0.112. The molecule has 27 heavy (non-hydrogen) atoms. The summed E-state index contributed by atoms with van der Waals surface area (Å²) in [6, 6.07) is 17.0. The number of nitrogens with two attached hydrogens (primary N) is 1. The van der Waals surface area contributed by atoms with Gasteiger partial charge in [-0.1, -0.05) is 30.3 Å². The Kier molecular flexibility index (Phi) is 4.37. The normalized spacial score (nSPS) is 11.5. The van der Waals surface area contributed by atoms with E-state index in [0.29, 0.717) is 17.0 Å². The van der Waals surface area contributed by atoms with E-state index in [9.17, 15) is 4.79 Å². The van der Waals surface area contributed by atoms with Gasteiger partial charge in [-0.2, -0.15) is 0 Å². The minimum Gasteiger partial charge on any atom is -0.366 e. The molecule has 0 radical (unpaired) electrons. The van der Waals surface area contributed by atoms with Crippen LogP contribution in [-0.4, -0.2) is 20.9 Å². The first kappa shape index (κ1) is 16.5. The lowest BCUT2D eigenvalue weighted by atomic mass is 10.0. The average Bonchev–Trinajstić information content (AvgIpc) is 3.09. The van der Waals surface area contributed by atoms with E-state index < -0.39 is 5.91 Å². The molecule has 0 aliphatic rings. The smallest absolute Gasteiger partial charge is 0.249 e. The number of primary amides is 1. The number of carbonyl (C=O) groups is 1. The molecule has 0 aliphatic heterocycles. The molecule has 6 nitrogen and oxygen atoms in total. The number of H-pyrrole nitrogens is 1. The first-order valence-electron chi connectivity index (χ1n) is 8.43. The van der Waals surface area contributed by atoms with E-state index in [1.54, 1.807) is 18.5 Å². The van der Waals surface area contributed by atoms with Gasteiger partial charge in [-0.05, 0) is 35.9 Å². The van der Waals surface area contributed by atoms with Crippen LogP contribution in [0.3, 0.4) is 0 Å². The van der Waals surface area contributed by atoms with Crippen molar-refractivity contribution in [3.8, 4) is 0 Å². The minimum absolute atomic E-state index is 0.453. The Bertz CT molecular complexity index is 1120. The standard InChI is InChI=1S/C21H17N5O/c22-20(27)18(14-5-2-1-3-6-14)11-15-12-24-21-17(15)8-9-19(26-21)25-16-7-4-10-23-13-16/h1-13H,(H2,22,27)(H2,24,25,26). The molecule has 0 unspecified atom stereocenters. The van der Waals surface area contributed by atoms with Gasteiger partial charge in [0.1, 0.15) is 11.5 Å². The number of hydrogen-bond donors (Lipinski definition) is 3. The van der Waals surface area contributed by atoms with Crippen molar-refractivity contribution in [2.45, 2.75) is 0 Å². The molecule has 4 aromatic rings. The molecule has 0 saturated carbocycles. The van der Waals surface area contributed by atoms with Gasteiger partial charge in [0.25, 0.3) is 0 Å². The third kappa shape index (κ3) is 3.55. The number of rotatable bonds is 5. The second-order valence-corrected chi connectivity index (χ2v) is 5.99. The number of pyridine rings is 2. The highest BCUT2D eigenvalue weighted by molar-refractivity contribution is 6.24. The highest BCUT2D eigenvalue weighted by Crippen LogP contribution is 2.25. The van der Waals surface area contributed by atoms with Gasteiger partial charge in [0.05, 0.1) is 11.9 Å². The van der Waals surface area contributed by atoms with Gasteiger partial charge in [-0.25, -0.2) is 4.98 Å². The van der Waals surface area contributed by atoms with Crippen molar-refractivity contribution in [2.24, 2.45) is 5.73 Å². The van der Waals surface area contributed by atoms with E-state index in [1.165, 1.54) is 0 Å². The maximum atomic E-state index is 11.9. The molecule has 3 heterocycles. The number of nitrogens with one attached hydrogen (secondary N) is 2. The summed E-state index contributed by atoms with van der Waals surface area (Å²) in [6.45, 7) is 0. The second kappa shape index (κ2) is 7.13. The topological polar surface area (TPSA) is 96.7 Å². The SMILES string of the molecule is NC(=O)C(=Cc1c[nH]c2nc(Nc3cccnc3)ccc12)c1ccccc1. The zero-order chi connectivity index (χ0) is 18.6. The third-order valence-corrected chi connectivity index (χ3v) is 4.15. The zero-order valence-electron chi connectivity index (χ0n) is 14.4. The Morgan fingerprint density at radius 3 is 2.67 bits per heavy atom. The van der Waals surface area contributed by atoms with Gasteiger partial charge in [0.2, 0.25) is 5.91 Å². The second-order valence-electron chi connectivity index (χ2n) is 5.99. The van der Waals surface area contributed by atoms with Crippen LogP contribution in [0, 0.1) is 0 Å². The van der Waals surface area contributed by atoms with Crippen LogP contribution in [-0.2, 0) is 4.79 Å². The molecule has 0 fully saturated rings. The predicted molar refractivity (Wildman–Crippen MR) is 107 cm³/mol. The number of aromatic amines is 1. The minimum atomic E-state index is -0.474. The van der Waals surface area contributed by atoms with E-state index in [2.05, 4.69) is 20.3 Å². The van der Waals surface area contributed by atoms with Crippen molar-refractivity contribution >= 4 is 40.1 Å². The van der Waals surface area contributed by atoms with Crippen LogP contribution < -0.4 is 11.1 Å². The first-order valence-corrected chi connectivity index (χ1v) is 8.43. The van der Waals surface area contributed by atoms with E-state index in [-0.39, 0.29) is 0 Å². The number of aromatic nitrogens is 3. The Balaban J connectivity index is 1.70. The molecule has 0 aliphatic carbocycles. The fraction of sp³-hybridized carbons (Fsp3) is 0. The van der Waals surface area contributed by atoms with Crippen LogP contribution in [0.25, 0.3) is 22.7 Å². The Morgan fingerprint density at radius 1 is 1.07 bits per heavy atom. The van der Waals surface area contributed by atoms with Crippen molar-refractivity contribution < 1.29 is 4.79 Å². The highest BCUT2D eigenvalue weighted by atomic mass is 16.1. The number of fused-ring (bicyclic) bond motifs is 1. The maximum Gasteiger partial charge on any atom is 0.249 e. The van der Waals surface area contributed by atoms with Gasteiger partial charge >= 0.3 is 0 Å². The lowest BCUT2D eigenvalue weighted by Crippen LogP contribution is -2.12. The molecule has 1 amide bonds. The van der Waals surface area contributed by atoms with Gasteiger partial charge in [0.15, 0.2) is 0 Å². The molecule has 3 aromatic heterocycles. The van der Waals surface area contributed by atoms with Crippen molar-refractivity contribution in [1.29, 1.82) is 0 Å². The molecular formula is C21H17N5O. The summed E-state index contributed by atoms with van der Waals surface area (Å²) in [4.78, 5) is 23.7. The van der Waals surface area contributed by atoms with Crippen LogP contribution in [0.1, 0.15) is 11.1 Å². The Morgan fingerprint density at radius 2 is 1.93 bits per heavy atom. The highest BCUT2D eigenvalue weighted by Gasteiger charge is 2.11. The van der Waals surface area contributed by atoms with E-state index >= 15 is 0 Å². The molecule has 1 aromatic carbocycles. The molecule has 4 N–H and O–H groups in total. The molecule has 0 saturated heterocycles. The summed E-state index contributed by atoms with van der Waals surface area (Å²) >= 11 is 0. The van der Waals surface area contributed by atoms with E-state index in [1.807, 2.05) is 60.8 Å². The van der Waals surface area contributed by atoms with Crippen LogP contribution in [0.4, 0.5) is 11.5 Å². The number of hydrogen-bond acceptors (Lipinski definition) is 4. The molecule has 132 valence electrons. The molecule has 0 bridgehead atoms. The lowest BCUT2D eigenvalue weighted by Gasteiger charge is -2.05. The monoisotopic (exact) mass is 355 g/mol. The van der Waals surface area contributed by atoms with E-state index in [4.69, 9.17) is 5.73 Å². The maximum absolute atomic E-state index is 11.9. The van der Waals surface area contributed by atoms with Crippen molar-refractivity contribution in [3.05, 3.63) is 84.3 Å². The van der Waals surface area contributed by atoms with Crippen LogP contribution in [0.5, 0.6) is 0 Å². The Labute approximate surface area is 155 Å². The number of carbonyl (C=O) groups excluding carboxylic acids is 1. The van der Waals surface area contributed by atoms with Gasteiger partial charge in [-0.3, -0.25) is 9.78 Å². The molecular weight excluding hydrogens is 338 g/mol. The van der Waals surface area contributed by atoms with Crippen LogP contribution in [0.15, 0.2) is 73.2 Å². The molecule has 4 rings (SSSR count). The number of nitrogens with zero attached hydrogens (tertiary/aromatic N) is 2. The molecule has 6 heteroatoms. The summed E-state index contributed by atoms with van der Waals surface area (Å²) in [7, 11) is 0. The fourth-order valence-corrected chi connectivity index (χ4v) is 2.87. The van der Waals surface area contributed by atoms with Crippen molar-refractivity contribution in [2.75, 3.05) is 5.32 Å². The van der Waals surface area contributed by atoms with Gasteiger partial charge in [0, 0.05) is 28.9 Å². The third-order valence-electron chi connectivity index (χ3n) is 4.15. The van der Waals surface area contributed by atoms with Crippen molar-refractivity contribution in [1.82, 2.24) is 15.0 Å². The number of amides is 1. The largest absolute Gasteiger partial charge is 0.366 e. The number of anilines is 2. The van der Waals surface area contributed by atoms with Gasteiger partial charge in [-0.15, -0.1) is 0 Å². The first-order chi connectivity index (χ1) is 13.2. The predicted octanol–water partition coefficient (Wildman–Crippen LogP) is 3.73.